The number of benzene rings is 1. The third-order valence-corrected chi connectivity index (χ3v) is 7.47. The number of hydrogen-bond acceptors (Lipinski definition) is 3. The first-order chi connectivity index (χ1) is 12.1. The van der Waals surface area contributed by atoms with E-state index in [-0.39, 0.29) is 41.0 Å². The Labute approximate surface area is 180 Å². The van der Waals surface area contributed by atoms with Crippen molar-refractivity contribution in [2.45, 2.75) is 63.6 Å². The van der Waals surface area contributed by atoms with Gasteiger partial charge in [0.15, 0.2) is 5.96 Å². The summed E-state index contributed by atoms with van der Waals surface area (Å²) < 4.78 is 27.1. The molecule has 1 heterocycles. The molecule has 1 aromatic carbocycles. The molecule has 1 saturated heterocycles. The van der Waals surface area contributed by atoms with Crippen LogP contribution in [0.3, 0.4) is 0 Å². The third-order valence-electron chi connectivity index (χ3n) is 5.94. The van der Waals surface area contributed by atoms with Crippen LogP contribution in [0, 0.1) is 5.41 Å². The van der Waals surface area contributed by atoms with E-state index in [2.05, 4.69) is 47.6 Å². The minimum atomic E-state index is -3.39. The number of nitrogens with zero attached hydrogens (tertiary/aromatic N) is 2. The summed E-state index contributed by atoms with van der Waals surface area (Å²) in [7, 11) is -1.59. The summed E-state index contributed by atoms with van der Waals surface area (Å²) in [5, 5.41) is 3.39. The predicted octanol–water partition coefficient (Wildman–Crippen LogP) is 2.94. The van der Waals surface area contributed by atoms with Crippen molar-refractivity contribution in [3.63, 3.8) is 0 Å². The van der Waals surface area contributed by atoms with E-state index in [1.54, 1.807) is 19.2 Å². The molecule has 2 fully saturated rings. The summed E-state index contributed by atoms with van der Waals surface area (Å²) >= 11 is 0. The van der Waals surface area contributed by atoms with Crippen LogP contribution in [0.4, 0.5) is 0 Å². The van der Waals surface area contributed by atoms with Crippen LogP contribution < -0.4 is 10.0 Å². The van der Waals surface area contributed by atoms with Gasteiger partial charge in [0.05, 0.1) is 4.90 Å². The van der Waals surface area contributed by atoms with Crippen molar-refractivity contribution in [2.75, 3.05) is 13.6 Å². The molecule has 0 unspecified atom stereocenters. The monoisotopic (exact) mass is 506 g/mol. The van der Waals surface area contributed by atoms with E-state index in [1.807, 2.05) is 12.1 Å². The number of likely N-dealkylation sites (tertiary alicyclic amines) is 1. The molecule has 2 aliphatic rings. The van der Waals surface area contributed by atoms with Crippen LogP contribution in [-0.4, -0.2) is 44.5 Å². The van der Waals surface area contributed by atoms with Gasteiger partial charge in [-0.25, -0.2) is 13.1 Å². The van der Waals surface area contributed by atoms with Crippen LogP contribution in [0.15, 0.2) is 34.2 Å². The SMILES string of the molecule is CN=C(NCc1ccc(S(=O)(=O)NC2CC2)cc1)N1CC(C)(C)C1(C)C.I. The molecule has 27 heavy (non-hydrogen) atoms. The molecule has 0 radical (unpaired) electrons. The van der Waals surface area contributed by atoms with Crippen molar-refractivity contribution < 1.29 is 8.42 Å². The maximum absolute atomic E-state index is 12.2. The number of rotatable bonds is 5. The van der Waals surface area contributed by atoms with Crippen molar-refractivity contribution in [3.8, 4) is 0 Å². The van der Waals surface area contributed by atoms with Crippen LogP contribution >= 0.6 is 24.0 Å². The quantitative estimate of drug-likeness (QED) is 0.366. The second kappa shape index (κ2) is 7.87. The fourth-order valence-electron chi connectivity index (χ4n) is 3.15. The summed E-state index contributed by atoms with van der Waals surface area (Å²) in [6, 6.07) is 7.16. The molecular weight excluding hydrogens is 475 g/mol. The van der Waals surface area contributed by atoms with E-state index < -0.39 is 10.0 Å². The number of guanidine groups is 1. The first-order valence-corrected chi connectivity index (χ1v) is 10.6. The first-order valence-electron chi connectivity index (χ1n) is 9.16. The molecule has 1 aromatic rings. The zero-order chi connectivity index (χ0) is 19.2. The second-order valence-electron chi connectivity index (χ2n) is 8.47. The average Bonchev–Trinajstić information content (AvgIpc) is 3.38. The van der Waals surface area contributed by atoms with E-state index in [1.165, 1.54) is 0 Å². The maximum atomic E-state index is 12.2. The Morgan fingerprint density at radius 2 is 1.78 bits per heavy atom. The molecule has 2 N–H and O–H groups in total. The Hall–Kier alpha value is -0.870. The van der Waals surface area contributed by atoms with E-state index >= 15 is 0 Å². The second-order valence-corrected chi connectivity index (χ2v) is 10.2. The largest absolute Gasteiger partial charge is 0.352 e. The van der Waals surface area contributed by atoms with Crippen LogP contribution in [-0.2, 0) is 16.6 Å². The molecule has 0 aromatic heterocycles. The molecule has 0 amide bonds. The zero-order valence-corrected chi connectivity index (χ0v) is 19.9. The van der Waals surface area contributed by atoms with Gasteiger partial charge < -0.3 is 10.2 Å². The summed E-state index contributed by atoms with van der Waals surface area (Å²) in [6.45, 7) is 10.6. The molecule has 6 nitrogen and oxygen atoms in total. The van der Waals surface area contributed by atoms with Gasteiger partial charge in [-0.3, -0.25) is 4.99 Å². The number of sulfonamides is 1. The molecule has 152 valence electrons. The number of nitrogens with one attached hydrogen (secondary N) is 2. The highest BCUT2D eigenvalue weighted by Gasteiger charge is 2.53. The maximum Gasteiger partial charge on any atom is 0.240 e. The molecular formula is C19H31IN4O2S. The lowest BCUT2D eigenvalue weighted by Gasteiger charge is -2.62. The summed E-state index contributed by atoms with van der Waals surface area (Å²) in [4.78, 5) is 7.01. The minimum Gasteiger partial charge on any atom is -0.352 e. The van der Waals surface area contributed by atoms with Crippen LogP contribution in [0.25, 0.3) is 0 Å². The van der Waals surface area contributed by atoms with Gasteiger partial charge in [-0.15, -0.1) is 24.0 Å². The van der Waals surface area contributed by atoms with E-state index in [0.717, 1.165) is 30.9 Å². The van der Waals surface area contributed by atoms with Gasteiger partial charge in [-0.1, -0.05) is 26.0 Å². The molecule has 8 heteroatoms. The summed E-state index contributed by atoms with van der Waals surface area (Å²) in [5.74, 6) is 0.876. The number of hydrogen-bond donors (Lipinski definition) is 2. The van der Waals surface area contributed by atoms with Gasteiger partial charge in [0, 0.05) is 37.1 Å². The van der Waals surface area contributed by atoms with Crippen LogP contribution in [0.2, 0.25) is 0 Å². The van der Waals surface area contributed by atoms with Crippen molar-refractivity contribution in [1.29, 1.82) is 0 Å². The Morgan fingerprint density at radius 3 is 2.22 bits per heavy atom. The van der Waals surface area contributed by atoms with E-state index in [0.29, 0.717) is 11.4 Å². The standard InChI is InChI=1S/C19H30N4O2S.HI/c1-18(2)13-23(19(18,3)4)17(20-5)21-12-14-6-10-16(11-7-14)26(24,25)22-15-8-9-15;/h6-7,10-11,15,22H,8-9,12-13H2,1-5H3,(H,20,21);1H. The average molecular weight is 506 g/mol. The predicted molar refractivity (Wildman–Crippen MR) is 120 cm³/mol. The van der Waals surface area contributed by atoms with Gasteiger partial charge in [-0.2, -0.15) is 0 Å². The Kier molecular flexibility index (Phi) is 6.53. The topological polar surface area (TPSA) is 73.8 Å². The highest BCUT2D eigenvalue weighted by molar-refractivity contribution is 14.0. The molecule has 1 saturated carbocycles. The van der Waals surface area contributed by atoms with Crippen LogP contribution in [0.1, 0.15) is 46.1 Å². The first kappa shape index (κ1) is 22.4. The van der Waals surface area contributed by atoms with Crippen molar-refractivity contribution in [3.05, 3.63) is 29.8 Å². The molecule has 1 aliphatic carbocycles. The molecule has 3 rings (SSSR count). The fourth-order valence-corrected chi connectivity index (χ4v) is 4.46. The molecule has 1 aliphatic heterocycles. The van der Waals surface area contributed by atoms with Crippen molar-refractivity contribution in [2.24, 2.45) is 10.4 Å². The van der Waals surface area contributed by atoms with Gasteiger partial charge in [0.1, 0.15) is 0 Å². The zero-order valence-electron chi connectivity index (χ0n) is 16.7. The molecule has 0 atom stereocenters. The Balaban J connectivity index is 0.00000261. The van der Waals surface area contributed by atoms with E-state index in [9.17, 15) is 8.42 Å². The van der Waals surface area contributed by atoms with Gasteiger partial charge in [0.25, 0.3) is 0 Å². The lowest BCUT2D eigenvalue weighted by Crippen LogP contribution is -2.72. The normalized spacial score (nSPS) is 21.2. The minimum absolute atomic E-state index is 0. The fraction of sp³-hybridized carbons (Fsp3) is 0.632. The Morgan fingerprint density at radius 1 is 1.19 bits per heavy atom. The lowest BCUT2D eigenvalue weighted by molar-refractivity contribution is -0.0667. The van der Waals surface area contributed by atoms with Gasteiger partial charge in [-0.05, 0) is 44.4 Å². The smallest absolute Gasteiger partial charge is 0.240 e. The van der Waals surface area contributed by atoms with Crippen molar-refractivity contribution in [1.82, 2.24) is 14.9 Å². The summed E-state index contributed by atoms with van der Waals surface area (Å²) in [5.41, 5.74) is 1.31. The Bertz CT molecular complexity index is 800. The van der Waals surface area contributed by atoms with Gasteiger partial charge >= 0.3 is 0 Å². The van der Waals surface area contributed by atoms with Gasteiger partial charge in [0.2, 0.25) is 10.0 Å². The van der Waals surface area contributed by atoms with Crippen LogP contribution in [0.5, 0.6) is 0 Å². The molecule has 0 spiro atoms. The highest BCUT2D eigenvalue weighted by Crippen LogP contribution is 2.46. The third kappa shape index (κ3) is 4.59. The van der Waals surface area contributed by atoms with Crippen molar-refractivity contribution >= 4 is 40.0 Å². The van der Waals surface area contributed by atoms with E-state index in [4.69, 9.17) is 0 Å². The highest BCUT2D eigenvalue weighted by atomic mass is 127. The summed E-state index contributed by atoms with van der Waals surface area (Å²) in [6.07, 6.45) is 1.87. The lowest BCUT2D eigenvalue weighted by atomic mass is 9.65. The number of aliphatic imine (C=N–C) groups is 1. The number of halogens is 1. The molecule has 0 bridgehead atoms.